The number of fused-ring (bicyclic) bond motifs is 1. The van der Waals surface area contributed by atoms with E-state index in [-0.39, 0.29) is 5.56 Å². The third-order valence-corrected chi connectivity index (χ3v) is 6.69. The van der Waals surface area contributed by atoms with E-state index < -0.39 is 5.97 Å². The highest BCUT2D eigenvalue weighted by molar-refractivity contribution is 6.01. The zero-order chi connectivity index (χ0) is 25.9. The second-order valence-corrected chi connectivity index (χ2v) is 9.07. The number of hydrogen-bond donors (Lipinski definition) is 2. The van der Waals surface area contributed by atoms with Gasteiger partial charge < -0.3 is 9.67 Å². The number of aromatic nitrogens is 6. The normalized spacial score (nSPS) is 11.2. The summed E-state index contributed by atoms with van der Waals surface area (Å²) in [5, 5.41) is 24.2. The molecular formula is C30H24N6O2. The lowest BCUT2D eigenvalue weighted by Gasteiger charge is -2.12. The van der Waals surface area contributed by atoms with Gasteiger partial charge in [0.05, 0.1) is 16.6 Å². The van der Waals surface area contributed by atoms with Crippen LogP contribution in [-0.4, -0.2) is 41.3 Å². The van der Waals surface area contributed by atoms with Crippen molar-refractivity contribution < 1.29 is 9.90 Å². The van der Waals surface area contributed by atoms with Crippen molar-refractivity contribution in [1.29, 1.82) is 0 Å². The highest BCUT2D eigenvalue weighted by atomic mass is 16.4. The van der Waals surface area contributed by atoms with Crippen LogP contribution in [0.2, 0.25) is 0 Å². The van der Waals surface area contributed by atoms with Gasteiger partial charge in [0.1, 0.15) is 5.82 Å². The van der Waals surface area contributed by atoms with E-state index in [1.807, 2.05) is 53.1 Å². The summed E-state index contributed by atoms with van der Waals surface area (Å²) < 4.78 is 2.05. The topological polar surface area (TPSA) is 110 Å². The second kappa shape index (κ2) is 10.1. The first kappa shape index (κ1) is 23.3. The van der Waals surface area contributed by atoms with E-state index in [0.717, 1.165) is 34.5 Å². The van der Waals surface area contributed by atoms with Gasteiger partial charge in [-0.2, -0.15) is 0 Å². The van der Waals surface area contributed by atoms with Crippen molar-refractivity contribution in [2.45, 2.75) is 19.4 Å². The Labute approximate surface area is 218 Å². The van der Waals surface area contributed by atoms with Crippen molar-refractivity contribution in [2.75, 3.05) is 0 Å². The molecule has 0 aliphatic heterocycles. The van der Waals surface area contributed by atoms with Crippen molar-refractivity contribution in [1.82, 2.24) is 30.2 Å². The molecule has 8 nitrogen and oxygen atoms in total. The third kappa shape index (κ3) is 4.55. The van der Waals surface area contributed by atoms with Crippen LogP contribution in [0.3, 0.4) is 0 Å². The Balaban J connectivity index is 1.35. The molecule has 2 aromatic heterocycles. The first-order valence-corrected chi connectivity index (χ1v) is 12.3. The van der Waals surface area contributed by atoms with E-state index in [1.54, 1.807) is 12.1 Å². The van der Waals surface area contributed by atoms with E-state index >= 15 is 0 Å². The van der Waals surface area contributed by atoms with Crippen molar-refractivity contribution in [2.24, 2.45) is 0 Å². The third-order valence-electron chi connectivity index (χ3n) is 6.69. The fourth-order valence-electron chi connectivity index (χ4n) is 4.86. The van der Waals surface area contributed by atoms with Gasteiger partial charge >= 0.3 is 5.97 Å². The average molecular weight is 501 g/mol. The predicted molar refractivity (Wildman–Crippen MR) is 145 cm³/mol. The number of benzene rings is 4. The van der Waals surface area contributed by atoms with Gasteiger partial charge in [0.2, 0.25) is 0 Å². The number of aromatic amines is 1. The Bertz CT molecular complexity index is 1710. The Morgan fingerprint density at radius 2 is 1.55 bits per heavy atom. The first-order valence-electron chi connectivity index (χ1n) is 12.3. The summed E-state index contributed by atoms with van der Waals surface area (Å²) in [5.41, 5.74) is 6.83. The molecule has 38 heavy (non-hydrogen) atoms. The van der Waals surface area contributed by atoms with Crippen molar-refractivity contribution >= 4 is 17.0 Å². The van der Waals surface area contributed by atoms with Gasteiger partial charge in [0, 0.05) is 18.5 Å². The average Bonchev–Trinajstić information content (AvgIpc) is 3.61. The van der Waals surface area contributed by atoms with E-state index in [1.165, 1.54) is 5.56 Å². The summed E-state index contributed by atoms with van der Waals surface area (Å²) in [4.78, 5) is 16.9. The molecule has 0 amide bonds. The van der Waals surface area contributed by atoms with Crippen LogP contribution >= 0.6 is 0 Å². The highest BCUT2D eigenvalue weighted by Gasteiger charge is 2.18. The maximum absolute atomic E-state index is 12.1. The number of imidazole rings is 1. The SMILES string of the molecule is O=C(O)c1cccc2nc(CCc3ccccc3)n(Cc3ccc(-c4ccccc4-c4nnn[nH]4)cc3)c12. The first-order chi connectivity index (χ1) is 18.7. The van der Waals surface area contributed by atoms with Gasteiger partial charge in [-0.1, -0.05) is 84.9 Å². The van der Waals surface area contributed by atoms with Crippen LogP contribution in [0.4, 0.5) is 0 Å². The summed E-state index contributed by atoms with van der Waals surface area (Å²) in [6.07, 6.45) is 1.52. The molecule has 0 aliphatic carbocycles. The summed E-state index contributed by atoms with van der Waals surface area (Å²) in [5.74, 6) is 0.517. The largest absolute Gasteiger partial charge is 0.478 e. The highest BCUT2D eigenvalue weighted by Crippen LogP contribution is 2.30. The van der Waals surface area contributed by atoms with Crippen molar-refractivity contribution in [3.05, 3.63) is 120 Å². The molecule has 186 valence electrons. The zero-order valence-corrected chi connectivity index (χ0v) is 20.5. The number of aryl methyl sites for hydroxylation is 2. The number of para-hydroxylation sites is 1. The van der Waals surface area contributed by atoms with Crippen molar-refractivity contribution in [3.8, 4) is 22.5 Å². The second-order valence-electron chi connectivity index (χ2n) is 9.07. The fraction of sp³-hybridized carbons (Fsp3) is 0.100. The number of nitrogens with one attached hydrogen (secondary N) is 1. The minimum atomic E-state index is -0.958. The molecule has 6 rings (SSSR count). The number of hydrogen-bond acceptors (Lipinski definition) is 5. The summed E-state index contributed by atoms with van der Waals surface area (Å²) in [6.45, 7) is 0.513. The van der Waals surface area contributed by atoms with Crippen molar-refractivity contribution in [3.63, 3.8) is 0 Å². The lowest BCUT2D eigenvalue weighted by atomic mass is 9.98. The molecule has 0 saturated heterocycles. The Morgan fingerprint density at radius 1 is 0.789 bits per heavy atom. The number of aromatic carboxylic acids is 1. The molecule has 0 radical (unpaired) electrons. The molecule has 2 N–H and O–H groups in total. The zero-order valence-electron chi connectivity index (χ0n) is 20.5. The maximum atomic E-state index is 12.1. The molecule has 8 heteroatoms. The van der Waals surface area contributed by atoms with E-state index in [9.17, 15) is 9.90 Å². The molecular weight excluding hydrogens is 476 g/mol. The number of H-pyrrole nitrogens is 1. The lowest BCUT2D eigenvalue weighted by molar-refractivity contribution is 0.0698. The quantitative estimate of drug-likeness (QED) is 0.289. The van der Waals surface area contributed by atoms with Crippen LogP contribution in [0.25, 0.3) is 33.5 Å². The molecule has 2 heterocycles. The van der Waals surface area contributed by atoms with Gasteiger partial charge in [-0.3, -0.25) is 0 Å². The van der Waals surface area contributed by atoms with Gasteiger partial charge in [-0.05, 0) is 51.2 Å². The number of rotatable bonds is 8. The number of carboxylic acid groups (broad SMARTS) is 1. The Kier molecular flexibility index (Phi) is 6.19. The molecule has 0 aliphatic rings. The molecule has 0 atom stereocenters. The Hall–Kier alpha value is -5.11. The molecule has 0 fully saturated rings. The number of tetrazole rings is 1. The van der Waals surface area contributed by atoms with Gasteiger partial charge in [0.25, 0.3) is 0 Å². The molecule has 6 aromatic rings. The van der Waals surface area contributed by atoms with Crippen LogP contribution in [0.15, 0.2) is 97.1 Å². The van der Waals surface area contributed by atoms with Crippen LogP contribution < -0.4 is 0 Å². The number of nitrogens with zero attached hydrogens (tertiary/aromatic N) is 5. The van der Waals surface area contributed by atoms with E-state index in [0.29, 0.717) is 29.8 Å². The molecule has 0 spiro atoms. The minimum absolute atomic E-state index is 0.257. The van der Waals surface area contributed by atoms with Crippen LogP contribution in [-0.2, 0) is 19.4 Å². The maximum Gasteiger partial charge on any atom is 0.337 e. The van der Waals surface area contributed by atoms with Crippen LogP contribution in [0.5, 0.6) is 0 Å². The number of carboxylic acids is 1. The molecule has 4 aromatic carbocycles. The Morgan fingerprint density at radius 3 is 2.29 bits per heavy atom. The number of carbonyl (C=O) groups is 1. The standard InChI is InChI=1S/C30H24N6O2/c37-30(38)25-11-6-12-26-28(25)36(27(31-26)18-15-20-7-2-1-3-8-20)19-21-13-16-22(17-14-21)23-9-4-5-10-24(23)29-32-34-35-33-29/h1-14,16-17H,15,18-19H2,(H,37,38)(H,32,33,34,35). The summed E-state index contributed by atoms with van der Waals surface area (Å²) in [6, 6.07) is 31.8. The summed E-state index contributed by atoms with van der Waals surface area (Å²) in [7, 11) is 0. The van der Waals surface area contributed by atoms with E-state index in [2.05, 4.69) is 57.0 Å². The van der Waals surface area contributed by atoms with Crippen LogP contribution in [0, 0.1) is 0 Å². The predicted octanol–water partition coefficient (Wildman–Crippen LogP) is 5.42. The van der Waals surface area contributed by atoms with Gasteiger partial charge in [-0.15, -0.1) is 5.10 Å². The smallest absolute Gasteiger partial charge is 0.337 e. The van der Waals surface area contributed by atoms with Gasteiger partial charge in [0.15, 0.2) is 5.82 Å². The van der Waals surface area contributed by atoms with Crippen LogP contribution in [0.1, 0.15) is 27.3 Å². The van der Waals surface area contributed by atoms with E-state index in [4.69, 9.17) is 4.98 Å². The van der Waals surface area contributed by atoms with Gasteiger partial charge in [-0.25, -0.2) is 14.9 Å². The lowest BCUT2D eigenvalue weighted by Crippen LogP contribution is -2.09. The molecule has 0 unspecified atom stereocenters. The summed E-state index contributed by atoms with van der Waals surface area (Å²) >= 11 is 0. The monoisotopic (exact) mass is 500 g/mol. The molecule has 0 bridgehead atoms. The fourth-order valence-corrected chi connectivity index (χ4v) is 4.86. The minimum Gasteiger partial charge on any atom is -0.478 e. The molecule has 0 saturated carbocycles.